The zero-order chi connectivity index (χ0) is 30.8. The first-order chi connectivity index (χ1) is 20.6. The van der Waals surface area contributed by atoms with Crippen LogP contribution in [0.25, 0.3) is 10.9 Å². The van der Waals surface area contributed by atoms with Crippen LogP contribution in [0.3, 0.4) is 0 Å². The summed E-state index contributed by atoms with van der Waals surface area (Å²) in [6.07, 6.45) is 0.000798. The van der Waals surface area contributed by atoms with Gasteiger partial charge in [-0.2, -0.15) is 5.26 Å². The molecule has 0 fully saturated rings. The molecule has 5 aromatic rings. The van der Waals surface area contributed by atoms with Crippen molar-refractivity contribution in [2.24, 2.45) is 0 Å². The summed E-state index contributed by atoms with van der Waals surface area (Å²) in [4.78, 5) is 27.0. The van der Waals surface area contributed by atoms with Gasteiger partial charge in [0.05, 0.1) is 31.0 Å². The number of nitrogens with one attached hydrogen (secondary N) is 1. The van der Waals surface area contributed by atoms with Gasteiger partial charge >= 0.3 is 0 Å². The van der Waals surface area contributed by atoms with Gasteiger partial charge in [0.25, 0.3) is 5.91 Å². The molecule has 1 N–H and O–H groups in total. The lowest BCUT2D eigenvalue weighted by atomic mass is 9.91. The Morgan fingerprint density at radius 2 is 1.58 bits per heavy atom. The van der Waals surface area contributed by atoms with Gasteiger partial charge in [-0.3, -0.25) is 14.2 Å². The molecule has 1 atom stereocenters. The number of aryl methyl sites for hydroxylation is 1. The molecular formula is C34H26Cl3N3O3. The monoisotopic (exact) mass is 629 g/mol. The lowest BCUT2D eigenvalue weighted by molar-refractivity contribution is -0.115. The number of hydrogen-bond donors (Lipinski definition) is 1. The van der Waals surface area contributed by atoms with Crippen molar-refractivity contribution in [3.63, 3.8) is 0 Å². The zero-order valence-corrected chi connectivity index (χ0v) is 25.8. The van der Waals surface area contributed by atoms with Crippen molar-refractivity contribution >= 4 is 63.2 Å². The normalized spacial score (nSPS) is 11.7. The predicted molar refractivity (Wildman–Crippen MR) is 172 cm³/mol. The van der Waals surface area contributed by atoms with Crippen LogP contribution in [0.2, 0.25) is 15.1 Å². The number of amides is 1. The molecule has 1 aromatic heterocycles. The third kappa shape index (κ3) is 6.11. The fraction of sp³-hybridized carbons (Fsp3) is 0.147. The number of ether oxygens (including phenoxy) is 1. The number of carbonyl (C=O) groups excluding carboxylic acids is 2. The van der Waals surface area contributed by atoms with Gasteiger partial charge in [0.2, 0.25) is 5.91 Å². The van der Waals surface area contributed by atoms with E-state index in [1.54, 1.807) is 72.3 Å². The molecule has 9 heteroatoms. The van der Waals surface area contributed by atoms with Crippen LogP contribution >= 0.6 is 34.8 Å². The Balaban J connectivity index is 1.46. The maximum absolute atomic E-state index is 13.6. The second-order valence-corrected chi connectivity index (χ2v) is 11.4. The van der Waals surface area contributed by atoms with Crippen LogP contribution in [0.1, 0.15) is 44.2 Å². The van der Waals surface area contributed by atoms with Crippen molar-refractivity contribution in [3.05, 3.63) is 127 Å². The Hall–Kier alpha value is -4.28. The third-order valence-corrected chi connectivity index (χ3v) is 8.27. The Labute approximate surface area is 264 Å². The Morgan fingerprint density at radius 3 is 2.21 bits per heavy atom. The number of hydrogen-bond acceptors (Lipinski definition) is 4. The summed E-state index contributed by atoms with van der Waals surface area (Å²) >= 11 is 18.7. The van der Waals surface area contributed by atoms with Gasteiger partial charge in [0, 0.05) is 37.4 Å². The van der Waals surface area contributed by atoms with Gasteiger partial charge in [-0.1, -0.05) is 53.0 Å². The molecule has 1 unspecified atom stereocenters. The molecule has 0 aliphatic carbocycles. The highest BCUT2D eigenvalue weighted by molar-refractivity contribution is 6.32. The van der Waals surface area contributed by atoms with E-state index in [2.05, 4.69) is 11.4 Å². The highest BCUT2D eigenvalue weighted by Crippen LogP contribution is 2.35. The number of fused-ring (bicyclic) bond motifs is 1. The van der Waals surface area contributed by atoms with E-state index in [9.17, 15) is 14.9 Å². The molecule has 216 valence electrons. The predicted octanol–water partition coefficient (Wildman–Crippen LogP) is 8.75. The van der Waals surface area contributed by atoms with Crippen molar-refractivity contribution < 1.29 is 14.3 Å². The number of anilines is 1. The molecule has 0 saturated carbocycles. The van der Waals surface area contributed by atoms with Crippen LogP contribution < -0.4 is 10.1 Å². The highest BCUT2D eigenvalue weighted by Gasteiger charge is 2.23. The lowest BCUT2D eigenvalue weighted by Crippen LogP contribution is -2.17. The summed E-state index contributed by atoms with van der Waals surface area (Å²) in [6, 6.07) is 24.9. The largest absolute Gasteiger partial charge is 0.497 e. The van der Waals surface area contributed by atoms with Crippen molar-refractivity contribution in [3.8, 4) is 11.8 Å². The molecular weight excluding hydrogens is 605 g/mol. The van der Waals surface area contributed by atoms with Crippen LogP contribution in [-0.4, -0.2) is 23.5 Å². The molecule has 0 radical (unpaired) electrons. The molecule has 0 spiro atoms. The molecule has 0 aliphatic rings. The molecule has 1 amide bonds. The Morgan fingerprint density at radius 1 is 0.930 bits per heavy atom. The maximum atomic E-state index is 13.6. The zero-order valence-electron chi connectivity index (χ0n) is 23.5. The molecule has 43 heavy (non-hydrogen) atoms. The van der Waals surface area contributed by atoms with E-state index in [-0.39, 0.29) is 18.2 Å². The van der Waals surface area contributed by atoms with E-state index in [0.29, 0.717) is 54.4 Å². The average molecular weight is 631 g/mol. The SMILES string of the molecule is COc1ccc2c(c1)c(CC(=O)Nc1cc(Cl)c(C(C#N)c3ccc(Cl)cc3)cc1C)c(C)n2C(=O)c1ccc(Cl)cc1. The Kier molecular flexibility index (Phi) is 8.79. The first kappa shape index (κ1) is 30.2. The summed E-state index contributed by atoms with van der Waals surface area (Å²) in [7, 11) is 1.57. The van der Waals surface area contributed by atoms with Gasteiger partial charge in [-0.05, 0) is 96.8 Å². The van der Waals surface area contributed by atoms with E-state index >= 15 is 0 Å². The number of carbonyl (C=O) groups is 2. The van der Waals surface area contributed by atoms with Gasteiger partial charge in [0.1, 0.15) is 5.75 Å². The average Bonchev–Trinajstić information content (AvgIpc) is 3.26. The summed E-state index contributed by atoms with van der Waals surface area (Å²) in [5, 5.41) is 15.1. The van der Waals surface area contributed by atoms with Crippen molar-refractivity contribution in [1.82, 2.24) is 4.57 Å². The third-order valence-electron chi connectivity index (χ3n) is 7.43. The number of nitriles is 1. The standard InChI is InChI=1S/C34H26Cl3N3O3/c1-19-14-27(29(18-38)21-4-8-23(35)9-5-21)30(37)17-31(19)39-33(41)16-26-20(2)40(32-13-12-25(43-3)15-28(26)32)34(42)22-6-10-24(36)11-7-22/h4-15,17,29H,16H2,1-3H3,(H,39,41). The number of aromatic nitrogens is 1. The fourth-order valence-corrected chi connectivity index (χ4v) is 5.71. The quantitative estimate of drug-likeness (QED) is 0.195. The lowest BCUT2D eigenvalue weighted by Gasteiger charge is -2.16. The van der Waals surface area contributed by atoms with Crippen molar-refractivity contribution in [1.29, 1.82) is 5.26 Å². The van der Waals surface area contributed by atoms with Crippen molar-refractivity contribution in [2.75, 3.05) is 12.4 Å². The molecule has 4 aromatic carbocycles. The number of nitrogens with zero attached hydrogens (tertiary/aromatic N) is 2. The second-order valence-electron chi connectivity index (χ2n) is 10.1. The number of benzene rings is 4. The van der Waals surface area contributed by atoms with E-state index < -0.39 is 5.92 Å². The van der Waals surface area contributed by atoms with Crippen LogP contribution in [0.4, 0.5) is 5.69 Å². The molecule has 0 saturated heterocycles. The number of methoxy groups -OCH3 is 1. The van der Waals surface area contributed by atoms with Gasteiger partial charge in [-0.25, -0.2) is 0 Å². The summed E-state index contributed by atoms with van der Waals surface area (Å²) in [6.45, 7) is 3.66. The smallest absolute Gasteiger partial charge is 0.262 e. The van der Waals surface area contributed by atoms with E-state index in [1.807, 2.05) is 32.0 Å². The number of rotatable bonds is 7. The topological polar surface area (TPSA) is 84.1 Å². The van der Waals surface area contributed by atoms with E-state index in [0.717, 1.165) is 16.5 Å². The fourth-order valence-electron chi connectivity index (χ4n) is 5.19. The van der Waals surface area contributed by atoms with E-state index in [1.165, 1.54) is 0 Å². The summed E-state index contributed by atoms with van der Waals surface area (Å²) in [5.41, 5.74) is 5.15. The summed E-state index contributed by atoms with van der Waals surface area (Å²) < 4.78 is 7.05. The second kappa shape index (κ2) is 12.5. The first-order valence-corrected chi connectivity index (χ1v) is 14.5. The minimum Gasteiger partial charge on any atom is -0.497 e. The highest BCUT2D eigenvalue weighted by atomic mass is 35.5. The van der Waals surface area contributed by atoms with Crippen LogP contribution in [0, 0.1) is 25.2 Å². The molecule has 5 rings (SSSR count). The summed E-state index contributed by atoms with van der Waals surface area (Å²) in [5.74, 6) is -0.515. The van der Waals surface area contributed by atoms with Crippen molar-refractivity contribution in [2.45, 2.75) is 26.2 Å². The van der Waals surface area contributed by atoms with Crippen LogP contribution in [-0.2, 0) is 11.2 Å². The maximum Gasteiger partial charge on any atom is 0.262 e. The number of halogens is 3. The van der Waals surface area contributed by atoms with E-state index in [4.69, 9.17) is 39.5 Å². The van der Waals surface area contributed by atoms with Crippen LogP contribution in [0.15, 0.2) is 78.9 Å². The molecule has 1 heterocycles. The van der Waals surface area contributed by atoms with Gasteiger partial charge in [0.15, 0.2) is 0 Å². The molecule has 0 bridgehead atoms. The Bertz CT molecular complexity index is 1910. The van der Waals surface area contributed by atoms with Crippen LogP contribution in [0.5, 0.6) is 5.75 Å². The minimum atomic E-state index is -0.602. The first-order valence-electron chi connectivity index (χ1n) is 13.3. The van der Waals surface area contributed by atoms with Gasteiger partial charge in [-0.15, -0.1) is 0 Å². The molecule has 0 aliphatic heterocycles. The minimum absolute atomic E-state index is 0.000798. The van der Waals surface area contributed by atoms with Gasteiger partial charge < -0.3 is 10.1 Å². The molecule has 6 nitrogen and oxygen atoms in total.